The van der Waals surface area contributed by atoms with Gasteiger partial charge < -0.3 is 5.32 Å². The molecule has 1 aromatic carbocycles. The van der Waals surface area contributed by atoms with Gasteiger partial charge in [0.2, 0.25) is 10.0 Å². The van der Waals surface area contributed by atoms with Crippen LogP contribution in [0.15, 0.2) is 41.6 Å². The van der Waals surface area contributed by atoms with E-state index in [0.29, 0.717) is 5.56 Å². The van der Waals surface area contributed by atoms with E-state index in [1.54, 1.807) is 29.4 Å². The number of sulfonamides is 1. The second-order valence-electron chi connectivity index (χ2n) is 5.61. The number of nitrogens with zero attached hydrogens (tertiary/aromatic N) is 3. The highest BCUT2D eigenvalue weighted by Crippen LogP contribution is 2.18. The van der Waals surface area contributed by atoms with Crippen LogP contribution in [0, 0.1) is 0 Å². The minimum absolute atomic E-state index is 0.0666. The van der Waals surface area contributed by atoms with Crippen molar-refractivity contribution in [2.45, 2.75) is 17.6 Å². The molecule has 0 aliphatic rings. The number of carbonyl (C=O) groups is 1. The highest BCUT2D eigenvalue weighted by atomic mass is 32.2. The summed E-state index contributed by atoms with van der Waals surface area (Å²) in [6, 6.07) is 4.68. The summed E-state index contributed by atoms with van der Waals surface area (Å²) >= 11 is 0. The van der Waals surface area contributed by atoms with Crippen molar-refractivity contribution >= 4 is 15.9 Å². The molecule has 142 valence electrons. The first-order valence-corrected chi connectivity index (χ1v) is 8.82. The van der Waals surface area contributed by atoms with Crippen LogP contribution in [-0.2, 0) is 23.6 Å². The molecular weight excluding hydrogens is 373 g/mol. The minimum atomic E-state index is -4.52. The fourth-order valence-electron chi connectivity index (χ4n) is 2.14. The Morgan fingerprint density at radius 3 is 2.38 bits per heavy atom. The molecule has 26 heavy (non-hydrogen) atoms. The van der Waals surface area contributed by atoms with Crippen molar-refractivity contribution in [3.05, 3.63) is 47.8 Å². The van der Waals surface area contributed by atoms with E-state index in [1.807, 2.05) is 0 Å². The molecule has 7 nitrogen and oxygen atoms in total. The lowest BCUT2D eigenvalue weighted by molar-refractivity contribution is -0.123. The fraction of sp³-hybridized carbons (Fsp3) is 0.333. The number of aryl methyl sites for hydroxylation is 1. The second kappa shape index (κ2) is 7.46. The first kappa shape index (κ1) is 19.9. The van der Waals surface area contributed by atoms with Crippen molar-refractivity contribution in [2.24, 2.45) is 7.05 Å². The predicted molar refractivity (Wildman–Crippen MR) is 86.7 cm³/mol. The average molecular weight is 390 g/mol. The van der Waals surface area contributed by atoms with Gasteiger partial charge in [0.05, 0.1) is 11.1 Å². The van der Waals surface area contributed by atoms with Gasteiger partial charge in [-0.2, -0.15) is 22.6 Å². The number of aromatic nitrogens is 2. The van der Waals surface area contributed by atoms with E-state index in [2.05, 4.69) is 5.10 Å². The van der Waals surface area contributed by atoms with Gasteiger partial charge in [-0.3, -0.25) is 9.48 Å². The summed E-state index contributed by atoms with van der Waals surface area (Å²) in [5.74, 6) is -0.935. The first-order valence-electron chi connectivity index (χ1n) is 7.38. The van der Waals surface area contributed by atoms with Crippen LogP contribution in [0.1, 0.15) is 15.9 Å². The number of amides is 1. The smallest absolute Gasteiger partial charge is 0.343 e. The van der Waals surface area contributed by atoms with Gasteiger partial charge in [0.1, 0.15) is 6.54 Å². The maximum atomic E-state index is 12.5. The summed E-state index contributed by atoms with van der Waals surface area (Å²) in [5, 5.41) is 5.68. The largest absolute Gasteiger partial charge is 0.405 e. The third kappa shape index (κ3) is 5.05. The number of halogens is 3. The number of benzene rings is 1. The Labute approximate surface area is 148 Å². The van der Waals surface area contributed by atoms with Crippen molar-refractivity contribution in [2.75, 3.05) is 13.6 Å². The molecule has 1 aromatic heterocycles. The lowest BCUT2D eigenvalue weighted by Gasteiger charge is -2.16. The molecule has 11 heteroatoms. The Morgan fingerprint density at radius 2 is 1.88 bits per heavy atom. The second-order valence-corrected chi connectivity index (χ2v) is 7.65. The third-order valence-electron chi connectivity index (χ3n) is 3.44. The van der Waals surface area contributed by atoms with Gasteiger partial charge in [-0.25, -0.2) is 8.42 Å². The molecule has 0 saturated carbocycles. The summed E-state index contributed by atoms with van der Waals surface area (Å²) in [4.78, 5) is 11.6. The van der Waals surface area contributed by atoms with Crippen LogP contribution in [-0.4, -0.2) is 48.2 Å². The topological polar surface area (TPSA) is 84.3 Å². The van der Waals surface area contributed by atoms with Crippen LogP contribution in [0.3, 0.4) is 0 Å². The van der Waals surface area contributed by atoms with Crippen LogP contribution >= 0.6 is 0 Å². The minimum Gasteiger partial charge on any atom is -0.343 e. The Kier molecular flexibility index (Phi) is 5.71. The highest BCUT2D eigenvalue weighted by Gasteiger charge is 2.28. The molecule has 0 bridgehead atoms. The van der Waals surface area contributed by atoms with Crippen molar-refractivity contribution < 1.29 is 26.4 Å². The van der Waals surface area contributed by atoms with Crippen molar-refractivity contribution in [1.82, 2.24) is 19.4 Å². The highest BCUT2D eigenvalue weighted by molar-refractivity contribution is 7.89. The van der Waals surface area contributed by atoms with E-state index >= 15 is 0 Å². The maximum Gasteiger partial charge on any atom is 0.405 e. The van der Waals surface area contributed by atoms with Gasteiger partial charge in [-0.1, -0.05) is 0 Å². The molecule has 1 amide bonds. The summed E-state index contributed by atoms with van der Waals surface area (Å²) in [5.41, 5.74) is 0.629. The van der Waals surface area contributed by atoms with E-state index in [1.165, 1.54) is 19.2 Å². The van der Waals surface area contributed by atoms with E-state index in [9.17, 15) is 26.4 Å². The molecular formula is C15H17F3N4O3S. The average Bonchev–Trinajstić information content (AvgIpc) is 2.97. The number of nitrogens with one attached hydrogen (secondary N) is 1. The van der Waals surface area contributed by atoms with Gasteiger partial charge in [-0.15, -0.1) is 0 Å². The normalized spacial score (nSPS) is 12.4. The standard InChI is InChI=1S/C15H17F3N4O3S/c1-21-8-11(7-20-21)9-22(2)26(24,25)13-5-3-12(4-6-13)14(23)19-10-15(16,17)18/h3-8H,9-10H2,1-2H3,(H,19,23). The Bertz CT molecular complexity index is 876. The van der Waals surface area contributed by atoms with Gasteiger partial charge >= 0.3 is 6.18 Å². The molecule has 0 spiro atoms. The summed E-state index contributed by atoms with van der Waals surface area (Å²) in [6.45, 7) is -1.36. The zero-order chi connectivity index (χ0) is 19.5. The van der Waals surface area contributed by atoms with Crippen LogP contribution < -0.4 is 5.32 Å². The SMILES string of the molecule is CN(Cc1cnn(C)c1)S(=O)(=O)c1ccc(C(=O)NCC(F)(F)F)cc1. The molecule has 0 unspecified atom stereocenters. The van der Waals surface area contributed by atoms with Gasteiger partial charge in [0, 0.05) is 38.0 Å². The lowest BCUT2D eigenvalue weighted by atomic mass is 10.2. The quantitative estimate of drug-likeness (QED) is 0.811. The number of carbonyl (C=O) groups excluding carboxylic acids is 1. The van der Waals surface area contributed by atoms with E-state index in [-0.39, 0.29) is 17.0 Å². The summed E-state index contributed by atoms with van der Waals surface area (Å²) in [6.07, 6.45) is -1.30. The third-order valence-corrected chi connectivity index (χ3v) is 5.26. The molecule has 0 saturated heterocycles. The van der Waals surface area contributed by atoms with Crippen LogP contribution in [0.25, 0.3) is 0 Å². The zero-order valence-electron chi connectivity index (χ0n) is 14.0. The molecule has 2 rings (SSSR count). The van der Waals surface area contributed by atoms with Gasteiger partial charge in [-0.05, 0) is 24.3 Å². The van der Waals surface area contributed by atoms with E-state index in [4.69, 9.17) is 0 Å². The van der Waals surface area contributed by atoms with Crippen molar-refractivity contribution in [1.29, 1.82) is 0 Å². The van der Waals surface area contributed by atoms with Gasteiger partial charge in [0.25, 0.3) is 5.91 Å². The molecule has 0 atom stereocenters. The van der Waals surface area contributed by atoms with Gasteiger partial charge in [0.15, 0.2) is 0 Å². The molecule has 0 aliphatic heterocycles. The first-order chi connectivity index (χ1) is 12.0. The van der Waals surface area contributed by atoms with E-state index in [0.717, 1.165) is 16.4 Å². The lowest BCUT2D eigenvalue weighted by Crippen LogP contribution is -2.33. The van der Waals surface area contributed by atoms with E-state index < -0.39 is 28.7 Å². The van der Waals surface area contributed by atoms with Crippen LogP contribution in [0.2, 0.25) is 0 Å². The molecule has 0 aliphatic carbocycles. The summed E-state index contributed by atoms with van der Waals surface area (Å²) < 4.78 is 64.1. The number of alkyl halides is 3. The molecule has 0 radical (unpaired) electrons. The number of hydrogen-bond acceptors (Lipinski definition) is 4. The zero-order valence-corrected chi connectivity index (χ0v) is 14.8. The molecule has 1 heterocycles. The summed E-state index contributed by atoms with van der Waals surface area (Å²) in [7, 11) is -0.717. The Balaban J connectivity index is 2.09. The monoisotopic (exact) mass is 390 g/mol. The maximum absolute atomic E-state index is 12.5. The van der Waals surface area contributed by atoms with Crippen molar-refractivity contribution in [3.63, 3.8) is 0 Å². The fourth-order valence-corrected chi connectivity index (χ4v) is 3.30. The predicted octanol–water partition coefficient (Wildman–Crippen LogP) is 1.53. The molecule has 2 aromatic rings. The Hall–Kier alpha value is -2.40. The van der Waals surface area contributed by atoms with Crippen LogP contribution in [0.4, 0.5) is 13.2 Å². The van der Waals surface area contributed by atoms with Crippen LogP contribution in [0.5, 0.6) is 0 Å². The molecule has 1 N–H and O–H groups in total. The Morgan fingerprint density at radius 1 is 1.27 bits per heavy atom. The van der Waals surface area contributed by atoms with Crippen molar-refractivity contribution in [3.8, 4) is 0 Å². The molecule has 0 fully saturated rings. The number of hydrogen-bond donors (Lipinski definition) is 1. The number of rotatable bonds is 6.